The van der Waals surface area contributed by atoms with E-state index in [4.69, 9.17) is 0 Å². The molecule has 0 bridgehead atoms. The summed E-state index contributed by atoms with van der Waals surface area (Å²) in [5.74, 6) is 0.265. The Morgan fingerprint density at radius 1 is 1.25 bits per heavy atom. The minimum absolute atomic E-state index is 0.0848. The zero-order valence-electron chi connectivity index (χ0n) is 10.4. The SMILES string of the molecule is CC(=O)CCC(C)(C)/C=C/c1ccccc1. The summed E-state index contributed by atoms with van der Waals surface area (Å²) in [5, 5.41) is 0. The maximum Gasteiger partial charge on any atom is 0.129 e. The van der Waals surface area contributed by atoms with Gasteiger partial charge in [-0.2, -0.15) is 0 Å². The second-order valence-electron chi connectivity index (χ2n) is 4.93. The summed E-state index contributed by atoms with van der Waals surface area (Å²) in [5.41, 5.74) is 1.29. The van der Waals surface area contributed by atoms with Crippen LogP contribution in [-0.4, -0.2) is 5.78 Å². The topological polar surface area (TPSA) is 17.1 Å². The minimum atomic E-state index is 0.0848. The van der Waals surface area contributed by atoms with Crippen LogP contribution < -0.4 is 0 Å². The molecule has 0 fully saturated rings. The van der Waals surface area contributed by atoms with Crippen LogP contribution in [-0.2, 0) is 4.79 Å². The average molecular weight is 216 g/mol. The van der Waals surface area contributed by atoms with Gasteiger partial charge in [0.25, 0.3) is 0 Å². The summed E-state index contributed by atoms with van der Waals surface area (Å²) in [6.45, 7) is 5.97. The molecule has 0 amide bonds. The predicted molar refractivity (Wildman–Crippen MR) is 69.2 cm³/mol. The second-order valence-corrected chi connectivity index (χ2v) is 4.93. The lowest BCUT2D eigenvalue weighted by Gasteiger charge is -2.19. The molecule has 86 valence electrons. The average Bonchev–Trinajstić information content (AvgIpc) is 2.26. The Labute approximate surface area is 98.2 Å². The van der Waals surface area contributed by atoms with E-state index in [2.05, 4.69) is 38.1 Å². The Morgan fingerprint density at radius 2 is 1.88 bits per heavy atom. The molecule has 0 heterocycles. The molecule has 1 aromatic rings. The molecule has 0 unspecified atom stereocenters. The third kappa shape index (κ3) is 4.92. The van der Waals surface area contributed by atoms with Crippen molar-refractivity contribution in [2.24, 2.45) is 5.41 Å². The Kier molecular flexibility index (Phi) is 4.48. The number of ketones is 1. The van der Waals surface area contributed by atoms with Crippen LogP contribution in [0.2, 0.25) is 0 Å². The lowest BCUT2D eigenvalue weighted by atomic mass is 9.86. The van der Waals surface area contributed by atoms with E-state index in [0.29, 0.717) is 6.42 Å². The van der Waals surface area contributed by atoms with E-state index in [0.717, 1.165) is 6.42 Å². The van der Waals surface area contributed by atoms with Crippen molar-refractivity contribution < 1.29 is 4.79 Å². The van der Waals surface area contributed by atoms with Crippen LogP contribution in [0.3, 0.4) is 0 Å². The highest BCUT2D eigenvalue weighted by molar-refractivity contribution is 5.75. The molecule has 0 aliphatic rings. The third-order valence-electron chi connectivity index (χ3n) is 2.65. The van der Waals surface area contributed by atoms with Gasteiger partial charge in [0, 0.05) is 6.42 Å². The molecule has 0 saturated carbocycles. The maximum atomic E-state index is 10.9. The molecule has 0 radical (unpaired) electrons. The third-order valence-corrected chi connectivity index (χ3v) is 2.65. The number of hydrogen-bond acceptors (Lipinski definition) is 1. The molecular formula is C15H20O. The van der Waals surface area contributed by atoms with Crippen LogP contribution in [0, 0.1) is 5.41 Å². The van der Waals surface area contributed by atoms with Gasteiger partial charge in [0.15, 0.2) is 0 Å². The van der Waals surface area contributed by atoms with Gasteiger partial charge in [0.1, 0.15) is 5.78 Å². The lowest BCUT2D eigenvalue weighted by molar-refractivity contribution is -0.117. The van der Waals surface area contributed by atoms with E-state index in [-0.39, 0.29) is 11.2 Å². The van der Waals surface area contributed by atoms with E-state index < -0.39 is 0 Å². The van der Waals surface area contributed by atoms with Crippen LogP contribution in [0.25, 0.3) is 6.08 Å². The Morgan fingerprint density at radius 3 is 2.44 bits per heavy atom. The first kappa shape index (κ1) is 12.7. The normalized spacial score (nSPS) is 11.9. The fourth-order valence-corrected chi connectivity index (χ4v) is 1.47. The van der Waals surface area contributed by atoms with Gasteiger partial charge in [-0.25, -0.2) is 0 Å². The second kappa shape index (κ2) is 5.64. The van der Waals surface area contributed by atoms with Crippen molar-refractivity contribution in [1.29, 1.82) is 0 Å². The largest absolute Gasteiger partial charge is 0.300 e. The van der Waals surface area contributed by atoms with Crippen LogP contribution in [0.4, 0.5) is 0 Å². The number of rotatable bonds is 5. The Hall–Kier alpha value is -1.37. The molecule has 16 heavy (non-hydrogen) atoms. The number of carbonyl (C=O) groups excluding carboxylic acids is 1. The van der Waals surface area contributed by atoms with Crippen LogP contribution >= 0.6 is 0 Å². The highest BCUT2D eigenvalue weighted by Crippen LogP contribution is 2.25. The fourth-order valence-electron chi connectivity index (χ4n) is 1.47. The van der Waals surface area contributed by atoms with Gasteiger partial charge >= 0.3 is 0 Å². The first-order valence-electron chi connectivity index (χ1n) is 5.73. The van der Waals surface area contributed by atoms with Gasteiger partial charge < -0.3 is 4.79 Å². The predicted octanol–water partition coefficient (Wildman–Crippen LogP) is 4.10. The molecule has 1 nitrogen and oxygen atoms in total. The van der Waals surface area contributed by atoms with Crippen molar-refractivity contribution in [1.82, 2.24) is 0 Å². The van der Waals surface area contributed by atoms with E-state index >= 15 is 0 Å². The Balaban J connectivity index is 2.58. The van der Waals surface area contributed by atoms with Crippen molar-refractivity contribution in [2.75, 3.05) is 0 Å². The molecule has 1 heteroatoms. The number of carbonyl (C=O) groups is 1. The summed E-state index contributed by atoms with van der Waals surface area (Å²) in [6.07, 6.45) is 5.88. The highest BCUT2D eigenvalue weighted by atomic mass is 16.1. The summed E-state index contributed by atoms with van der Waals surface area (Å²) in [7, 11) is 0. The Bertz CT molecular complexity index is 360. The smallest absolute Gasteiger partial charge is 0.129 e. The van der Waals surface area contributed by atoms with Gasteiger partial charge in [0.05, 0.1) is 0 Å². The van der Waals surface area contributed by atoms with Gasteiger partial charge in [-0.3, -0.25) is 0 Å². The van der Waals surface area contributed by atoms with Crippen molar-refractivity contribution in [3.63, 3.8) is 0 Å². The first-order chi connectivity index (χ1) is 7.49. The molecule has 0 atom stereocenters. The standard InChI is InChI=1S/C15H20O/c1-13(16)9-11-15(2,3)12-10-14-7-5-4-6-8-14/h4-8,10,12H,9,11H2,1-3H3/b12-10+. The van der Waals surface area contributed by atoms with Gasteiger partial charge in [0.2, 0.25) is 0 Å². The molecule has 0 aromatic heterocycles. The van der Waals surface area contributed by atoms with E-state index in [1.54, 1.807) is 6.92 Å². The molecule has 0 N–H and O–H groups in total. The fraction of sp³-hybridized carbons (Fsp3) is 0.400. The summed E-state index contributed by atoms with van der Waals surface area (Å²) >= 11 is 0. The summed E-state index contributed by atoms with van der Waals surface area (Å²) < 4.78 is 0. The maximum absolute atomic E-state index is 10.9. The molecule has 0 aliphatic carbocycles. The van der Waals surface area contributed by atoms with E-state index in [1.165, 1.54) is 5.56 Å². The molecule has 1 rings (SSSR count). The van der Waals surface area contributed by atoms with E-state index in [1.807, 2.05) is 18.2 Å². The number of allylic oxidation sites excluding steroid dienone is 1. The number of Topliss-reactive ketones (excluding diaryl/α,β-unsaturated/α-hetero) is 1. The molecule has 0 aliphatic heterocycles. The van der Waals surface area contributed by atoms with Gasteiger partial charge in [-0.15, -0.1) is 0 Å². The molecule has 0 spiro atoms. The van der Waals surface area contributed by atoms with Crippen molar-refractivity contribution in [3.8, 4) is 0 Å². The van der Waals surface area contributed by atoms with Crippen LogP contribution in [0.5, 0.6) is 0 Å². The van der Waals surface area contributed by atoms with Crippen molar-refractivity contribution in [2.45, 2.75) is 33.6 Å². The minimum Gasteiger partial charge on any atom is -0.300 e. The highest BCUT2D eigenvalue weighted by Gasteiger charge is 2.14. The molecule has 0 saturated heterocycles. The first-order valence-corrected chi connectivity index (χ1v) is 5.73. The molecular weight excluding hydrogens is 196 g/mol. The van der Waals surface area contributed by atoms with Crippen molar-refractivity contribution >= 4 is 11.9 Å². The number of hydrogen-bond donors (Lipinski definition) is 0. The quantitative estimate of drug-likeness (QED) is 0.724. The zero-order chi connectivity index (χ0) is 12.0. The monoisotopic (exact) mass is 216 g/mol. The van der Waals surface area contributed by atoms with Crippen LogP contribution in [0.15, 0.2) is 36.4 Å². The van der Waals surface area contributed by atoms with E-state index in [9.17, 15) is 4.79 Å². The van der Waals surface area contributed by atoms with Gasteiger partial charge in [-0.1, -0.05) is 56.3 Å². The summed E-state index contributed by atoms with van der Waals surface area (Å²) in [6, 6.07) is 10.2. The lowest BCUT2D eigenvalue weighted by Crippen LogP contribution is -2.09. The van der Waals surface area contributed by atoms with Crippen LogP contribution in [0.1, 0.15) is 39.2 Å². The van der Waals surface area contributed by atoms with Gasteiger partial charge in [-0.05, 0) is 24.3 Å². The summed E-state index contributed by atoms with van der Waals surface area (Å²) in [4.78, 5) is 10.9. The number of benzene rings is 1. The van der Waals surface area contributed by atoms with Crippen molar-refractivity contribution in [3.05, 3.63) is 42.0 Å². The zero-order valence-corrected chi connectivity index (χ0v) is 10.4. The molecule has 1 aromatic carbocycles.